The van der Waals surface area contributed by atoms with Gasteiger partial charge >= 0.3 is 11.9 Å². The maximum absolute atomic E-state index is 10.5. The minimum atomic E-state index is -1.35. The smallest absolute Gasteiger partial charge is 0.345 e. The highest BCUT2D eigenvalue weighted by atomic mass is 16.6. The number of hydrogen-bond donors (Lipinski definition) is 1. The predicted molar refractivity (Wildman–Crippen MR) is 82.4 cm³/mol. The van der Waals surface area contributed by atoms with Crippen LogP contribution in [0.15, 0.2) is 48.5 Å². The van der Waals surface area contributed by atoms with Crippen molar-refractivity contribution in [1.82, 2.24) is 0 Å². The molecule has 0 aliphatic heterocycles. The van der Waals surface area contributed by atoms with Crippen LogP contribution in [0.4, 0.5) is 0 Å². The lowest BCUT2D eigenvalue weighted by atomic mass is 10.1. The first-order valence-electron chi connectivity index (χ1n) is 6.73. The molecule has 0 aliphatic carbocycles. The highest BCUT2D eigenvalue weighted by Gasteiger charge is 2.21. The summed E-state index contributed by atoms with van der Waals surface area (Å²) in [4.78, 5) is 31.2. The summed E-state index contributed by atoms with van der Waals surface area (Å²) in [6, 6.07) is 16.7. The molecule has 0 saturated carbocycles. The maximum atomic E-state index is 10.5. The fourth-order valence-electron chi connectivity index (χ4n) is 1.77. The van der Waals surface area contributed by atoms with Crippen LogP contribution in [0.5, 0.6) is 0 Å². The zero-order valence-electron chi connectivity index (χ0n) is 12.5. The number of carboxylic acids is 1. The van der Waals surface area contributed by atoms with E-state index in [1.54, 1.807) is 0 Å². The van der Waals surface area contributed by atoms with Gasteiger partial charge in [-0.2, -0.15) is 0 Å². The molecule has 0 amide bonds. The number of carbonyl (C=O) groups excluding carboxylic acids is 2. The number of ketones is 1. The van der Waals surface area contributed by atoms with Crippen LogP contribution >= 0.6 is 0 Å². The minimum absolute atomic E-state index is 0.283. The molecule has 2 aromatic carbocycles. The predicted octanol–water partition coefficient (Wildman–Crippen LogP) is 2.82. The Bertz CT molecular complexity index is 581. The molecule has 1 unspecified atom stereocenters. The molecule has 1 atom stereocenters. The minimum Gasteiger partial charge on any atom is -0.478 e. The third kappa shape index (κ3) is 6.17. The van der Waals surface area contributed by atoms with Gasteiger partial charge in [-0.15, -0.1) is 0 Å². The van der Waals surface area contributed by atoms with Gasteiger partial charge in [-0.05, 0) is 17.7 Å². The van der Waals surface area contributed by atoms with E-state index >= 15 is 0 Å². The molecule has 0 fully saturated rings. The molecule has 116 valence electrons. The number of carboxylic acid groups (broad SMARTS) is 1. The molecule has 0 aliphatic rings. The van der Waals surface area contributed by atoms with Gasteiger partial charge < -0.3 is 9.84 Å². The standard InChI is InChI=1S/C10H8.C7H10O5/c1-2-6-10-8-4-3-7-9(10)5-1;1-4(8)3-6(7(10)11)12-5(2)9/h1-8H;6H,3H2,1-2H3,(H,10,11). The number of carbonyl (C=O) groups is 3. The molecule has 5 nitrogen and oxygen atoms in total. The number of Topliss-reactive ketones (excluding diaryl/α,β-unsaturated/α-hetero) is 1. The molecule has 0 bridgehead atoms. The first-order valence-corrected chi connectivity index (χ1v) is 6.73. The first kappa shape index (κ1) is 17.4. The molecule has 0 aromatic heterocycles. The van der Waals surface area contributed by atoms with Gasteiger partial charge in [-0.25, -0.2) is 4.79 Å². The topological polar surface area (TPSA) is 80.7 Å². The molecule has 0 heterocycles. The maximum Gasteiger partial charge on any atom is 0.345 e. The quantitative estimate of drug-likeness (QED) is 0.878. The van der Waals surface area contributed by atoms with Crippen LogP contribution in [0, 0.1) is 0 Å². The normalized spacial score (nSPS) is 11.0. The fraction of sp³-hybridized carbons (Fsp3) is 0.235. The molecular weight excluding hydrogens is 284 g/mol. The Kier molecular flexibility index (Phi) is 6.76. The van der Waals surface area contributed by atoms with E-state index in [2.05, 4.69) is 53.3 Å². The molecule has 0 spiro atoms. The Morgan fingerprint density at radius 2 is 1.36 bits per heavy atom. The van der Waals surface area contributed by atoms with Gasteiger partial charge in [0, 0.05) is 6.92 Å². The van der Waals surface area contributed by atoms with Crippen molar-refractivity contribution in [3.63, 3.8) is 0 Å². The van der Waals surface area contributed by atoms with Crippen molar-refractivity contribution in [2.75, 3.05) is 0 Å². The van der Waals surface area contributed by atoms with Crippen molar-refractivity contribution in [2.24, 2.45) is 0 Å². The second-order valence-corrected chi connectivity index (χ2v) is 4.69. The number of aliphatic carboxylic acids is 1. The molecule has 5 heteroatoms. The third-order valence-electron chi connectivity index (χ3n) is 2.72. The van der Waals surface area contributed by atoms with Gasteiger partial charge in [-0.3, -0.25) is 9.59 Å². The Hall–Kier alpha value is -2.69. The highest BCUT2D eigenvalue weighted by Crippen LogP contribution is 2.11. The van der Waals surface area contributed by atoms with Gasteiger partial charge in [-0.1, -0.05) is 48.5 Å². The average molecular weight is 302 g/mol. The second kappa shape index (κ2) is 8.56. The molecule has 2 rings (SSSR count). The molecule has 1 N–H and O–H groups in total. The van der Waals surface area contributed by atoms with E-state index in [1.165, 1.54) is 17.7 Å². The second-order valence-electron chi connectivity index (χ2n) is 4.69. The van der Waals surface area contributed by atoms with Crippen molar-refractivity contribution in [1.29, 1.82) is 0 Å². The van der Waals surface area contributed by atoms with Gasteiger partial charge in [0.15, 0.2) is 0 Å². The van der Waals surface area contributed by atoms with E-state index < -0.39 is 18.0 Å². The van der Waals surface area contributed by atoms with Crippen LogP contribution in [0.1, 0.15) is 20.3 Å². The molecule has 2 aromatic rings. The summed E-state index contributed by atoms with van der Waals surface area (Å²) in [5.41, 5.74) is 0. The van der Waals surface area contributed by atoms with Crippen LogP contribution in [-0.4, -0.2) is 28.9 Å². The van der Waals surface area contributed by atoms with Crippen LogP contribution in [0.25, 0.3) is 10.8 Å². The molecular formula is C17H18O5. The lowest BCUT2D eigenvalue weighted by molar-refractivity contribution is -0.163. The van der Waals surface area contributed by atoms with Gasteiger partial charge in [0.2, 0.25) is 6.10 Å². The van der Waals surface area contributed by atoms with E-state index in [1.807, 2.05) is 0 Å². The Morgan fingerprint density at radius 3 is 1.64 bits per heavy atom. The van der Waals surface area contributed by atoms with Crippen molar-refractivity contribution in [3.05, 3.63) is 48.5 Å². The summed E-state index contributed by atoms with van der Waals surface area (Å²) in [6.45, 7) is 2.33. The van der Waals surface area contributed by atoms with E-state index in [-0.39, 0.29) is 12.2 Å². The zero-order chi connectivity index (χ0) is 16.5. The summed E-state index contributed by atoms with van der Waals surface area (Å²) >= 11 is 0. The lowest BCUT2D eigenvalue weighted by Gasteiger charge is -2.09. The number of ether oxygens (including phenoxy) is 1. The van der Waals surface area contributed by atoms with Gasteiger partial charge in [0.05, 0.1) is 6.42 Å². The Labute approximate surface area is 128 Å². The monoisotopic (exact) mass is 302 g/mol. The van der Waals surface area contributed by atoms with E-state index in [9.17, 15) is 14.4 Å². The summed E-state index contributed by atoms with van der Waals surface area (Å²) in [7, 11) is 0. The summed E-state index contributed by atoms with van der Waals surface area (Å²) in [5, 5.41) is 11.1. The number of hydrogen-bond acceptors (Lipinski definition) is 4. The Balaban J connectivity index is 0.000000222. The zero-order valence-corrected chi connectivity index (χ0v) is 12.5. The summed E-state index contributed by atoms with van der Waals surface area (Å²) in [5.74, 6) is -2.34. The number of rotatable bonds is 4. The van der Waals surface area contributed by atoms with Crippen molar-refractivity contribution in [2.45, 2.75) is 26.4 Å². The van der Waals surface area contributed by atoms with Gasteiger partial charge in [0.25, 0.3) is 0 Å². The van der Waals surface area contributed by atoms with E-state index in [4.69, 9.17) is 5.11 Å². The largest absolute Gasteiger partial charge is 0.478 e. The molecule has 22 heavy (non-hydrogen) atoms. The summed E-state index contributed by atoms with van der Waals surface area (Å²) < 4.78 is 4.36. The van der Waals surface area contributed by atoms with Crippen LogP contribution in [-0.2, 0) is 19.1 Å². The van der Waals surface area contributed by atoms with E-state index in [0.29, 0.717) is 0 Å². The van der Waals surface area contributed by atoms with Crippen molar-refractivity contribution >= 4 is 28.5 Å². The van der Waals surface area contributed by atoms with E-state index in [0.717, 1.165) is 6.92 Å². The highest BCUT2D eigenvalue weighted by molar-refractivity contribution is 5.85. The third-order valence-corrected chi connectivity index (χ3v) is 2.72. The van der Waals surface area contributed by atoms with Crippen LogP contribution in [0.3, 0.4) is 0 Å². The fourth-order valence-corrected chi connectivity index (χ4v) is 1.77. The number of fused-ring (bicyclic) bond motifs is 1. The lowest BCUT2D eigenvalue weighted by Crippen LogP contribution is -2.28. The number of esters is 1. The average Bonchev–Trinajstić information content (AvgIpc) is 2.46. The van der Waals surface area contributed by atoms with Crippen LogP contribution < -0.4 is 0 Å². The molecule has 0 radical (unpaired) electrons. The van der Waals surface area contributed by atoms with Gasteiger partial charge in [0.1, 0.15) is 5.78 Å². The SMILES string of the molecule is CC(=O)CC(OC(C)=O)C(=O)O.c1ccc2ccccc2c1. The molecule has 0 saturated heterocycles. The van der Waals surface area contributed by atoms with Crippen molar-refractivity contribution < 1.29 is 24.2 Å². The number of benzene rings is 2. The summed E-state index contributed by atoms with van der Waals surface area (Å²) in [6.07, 6.45) is -1.63. The Morgan fingerprint density at radius 1 is 0.955 bits per heavy atom. The van der Waals surface area contributed by atoms with Crippen LogP contribution in [0.2, 0.25) is 0 Å². The first-order chi connectivity index (χ1) is 10.4. The van der Waals surface area contributed by atoms with Crippen molar-refractivity contribution in [3.8, 4) is 0 Å².